The van der Waals surface area contributed by atoms with E-state index in [4.69, 9.17) is 9.47 Å². The first-order valence-electron chi connectivity index (χ1n) is 12.7. The number of aliphatic hydroxyl groups is 1. The van der Waals surface area contributed by atoms with Gasteiger partial charge in [0.25, 0.3) is 0 Å². The third-order valence-electron chi connectivity index (χ3n) is 6.39. The minimum atomic E-state index is -4.54. The molecule has 0 saturated heterocycles. The van der Waals surface area contributed by atoms with Gasteiger partial charge in [0.05, 0.1) is 12.2 Å². The van der Waals surface area contributed by atoms with Crippen molar-refractivity contribution in [3.63, 3.8) is 0 Å². The molecule has 0 unspecified atom stereocenters. The second kappa shape index (κ2) is 11.5. The highest BCUT2D eigenvalue weighted by molar-refractivity contribution is 5.77. The van der Waals surface area contributed by atoms with E-state index in [9.17, 15) is 23.1 Å². The van der Waals surface area contributed by atoms with Crippen LogP contribution in [0.4, 0.5) is 18.0 Å². The van der Waals surface area contributed by atoms with Crippen molar-refractivity contribution in [2.75, 3.05) is 13.1 Å². The fourth-order valence-electron chi connectivity index (χ4n) is 4.52. The zero-order chi connectivity index (χ0) is 28.2. The first-order chi connectivity index (χ1) is 18.5. The van der Waals surface area contributed by atoms with Gasteiger partial charge in [-0.2, -0.15) is 13.2 Å². The van der Waals surface area contributed by atoms with E-state index in [0.717, 1.165) is 33.9 Å². The van der Waals surface area contributed by atoms with E-state index in [-0.39, 0.29) is 25.1 Å². The summed E-state index contributed by atoms with van der Waals surface area (Å²) in [5, 5.41) is 9.82. The molecule has 5 nitrogen and oxygen atoms in total. The van der Waals surface area contributed by atoms with Crippen LogP contribution in [0.15, 0.2) is 72.8 Å². The van der Waals surface area contributed by atoms with E-state index in [2.05, 4.69) is 0 Å². The Bertz CT molecular complexity index is 1360. The van der Waals surface area contributed by atoms with Gasteiger partial charge in [-0.3, -0.25) is 0 Å². The molecule has 1 aliphatic heterocycles. The summed E-state index contributed by atoms with van der Waals surface area (Å²) in [5.41, 5.74) is 3.47. The molecule has 206 valence electrons. The van der Waals surface area contributed by atoms with Crippen LogP contribution in [0.25, 0.3) is 16.7 Å². The van der Waals surface area contributed by atoms with Gasteiger partial charge >= 0.3 is 12.3 Å². The van der Waals surface area contributed by atoms with E-state index in [1.807, 2.05) is 69.3 Å². The predicted octanol–water partition coefficient (Wildman–Crippen LogP) is 7.47. The normalized spacial score (nSPS) is 14.1. The standard InChI is InChI=1S/C31H32F3NO4/c1-30(2,3)39-29(37)35-16-14-21(15-17-35)26-13-12-22(25-9-5-4-8-23(25)19-36)18-24(26)20-38-28-11-7-6-10-27(28)31(32,33)34/h4-14,18,36H,15-17,19-20H2,1-3H3. The lowest BCUT2D eigenvalue weighted by Crippen LogP contribution is -2.39. The van der Waals surface area contributed by atoms with E-state index < -0.39 is 17.3 Å². The number of alkyl halides is 3. The number of hydrogen-bond acceptors (Lipinski definition) is 4. The Labute approximate surface area is 226 Å². The lowest BCUT2D eigenvalue weighted by molar-refractivity contribution is -0.139. The third kappa shape index (κ3) is 7.00. The molecule has 0 radical (unpaired) electrons. The van der Waals surface area contributed by atoms with Crippen LogP contribution in [0, 0.1) is 0 Å². The molecule has 0 aromatic heterocycles. The van der Waals surface area contributed by atoms with E-state index in [1.165, 1.54) is 18.2 Å². The number of carbonyl (C=O) groups excluding carboxylic acids is 1. The molecule has 0 bridgehead atoms. The summed E-state index contributed by atoms with van der Waals surface area (Å²) in [6.07, 6.45) is -2.44. The van der Waals surface area contributed by atoms with Gasteiger partial charge in [0, 0.05) is 13.1 Å². The molecule has 1 amide bonds. The highest BCUT2D eigenvalue weighted by Crippen LogP contribution is 2.37. The Morgan fingerprint density at radius 1 is 0.949 bits per heavy atom. The number of rotatable bonds is 6. The Morgan fingerprint density at radius 2 is 1.67 bits per heavy atom. The van der Waals surface area contributed by atoms with Crippen LogP contribution in [0.5, 0.6) is 5.75 Å². The summed E-state index contributed by atoms with van der Waals surface area (Å²) >= 11 is 0. The molecule has 0 saturated carbocycles. The molecule has 1 N–H and O–H groups in total. The van der Waals surface area contributed by atoms with Gasteiger partial charge in [0.15, 0.2) is 0 Å². The zero-order valence-electron chi connectivity index (χ0n) is 22.2. The zero-order valence-corrected chi connectivity index (χ0v) is 22.2. The highest BCUT2D eigenvalue weighted by Gasteiger charge is 2.34. The summed E-state index contributed by atoms with van der Waals surface area (Å²) in [6, 6.07) is 18.3. The van der Waals surface area contributed by atoms with Crippen LogP contribution in [-0.2, 0) is 24.1 Å². The second-order valence-electron chi connectivity index (χ2n) is 10.4. The van der Waals surface area contributed by atoms with E-state index >= 15 is 0 Å². The van der Waals surface area contributed by atoms with E-state index in [1.54, 1.807) is 4.90 Å². The number of hydrogen-bond donors (Lipinski definition) is 1. The van der Waals surface area contributed by atoms with Crippen LogP contribution in [-0.4, -0.2) is 34.8 Å². The summed E-state index contributed by atoms with van der Waals surface area (Å²) in [6.45, 7) is 6.02. The van der Waals surface area contributed by atoms with Crippen molar-refractivity contribution in [2.24, 2.45) is 0 Å². The number of para-hydroxylation sites is 1. The number of carbonyl (C=O) groups is 1. The smallest absolute Gasteiger partial charge is 0.419 e. The second-order valence-corrected chi connectivity index (χ2v) is 10.4. The monoisotopic (exact) mass is 539 g/mol. The van der Waals surface area contributed by atoms with Gasteiger partial charge in [-0.15, -0.1) is 0 Å². The molecule has 39 heavy (non-hydrogen) atoms. The fraction of sp³-hybridized carbons (Fsp3) is 0.323. The van der Waals surface area contributed by atoms with E-state index in [0.29, 0.717) is 25.1 Å². The number of benzene rings is 3. The van der Waals surface area contributed by atoms with Gasteiger partial charge in [-0.1, -0.05) is 54.6 Å². The predicted molar refractivity (Wildman–Crippen MR) is 144 cm³/mol. The lowest BCUT2D eigenvalue weighted by Gasteiger charge is -2.30. The largest absolute Gasteiger partial charge is 0.488 e. The van der Waals surface area contributed by atoms with Crippen molar-refractivity contribution in [1.82, 2.24) is 4.90 Å². The highest BCUT2D eigenvalue weighted by atomic mass is 19.4. The number of halogens is 3. The first kappa shape index (κ1) is 28.2. The van der Waals surface area contributed by atoms with Crippen molar-refractivity contribution in [1.29, 1.82) is 0 Å². The maximum atomic E-state index is 13.6. The van der Waals surface area contributed by atoms with Crippen molar-refractivity contribution >= 4 is 11.7 Å². The minimum Gasteiger partial charge on any atom is -0.488 e. The number of ether oxygens (including phenoxy) is 2. The summed E-state index contributed by atoms with van der Waals surface area (Å²) < 4.78 is 51.9. The van der Waals surface area contributed by atoms with Crippen LogP contribution in [0.3, 0.4) is 0 Å². The van der Waals surface area contributed by atoms with Crippen molar-refractivity contribution in [3.05, 3.63) is 95.1 Å². The molecule has 4 rings (SSSR count). The average Bonchev–Trinajstić information content (AvgIpc) is 2.90. The Hall–Kier alpha value is -3.78. The SMILES string of the molecule is CC(C)(C)OC(=O)N1CC=C(c2ccc(-c3ccccc3CO)cc2COc2ccccc2C(F)(F)F)CC1. The van der Waals surface area contributed by atoms with Crippen LogP contribution in [0.2, 0.25) is 0 Å². The summed E-state index contributed by atoms with van der Waals surface area (Å²) in [7, 11) is 0. The maximum Gasteiger partial charge on any atom is 0.419 e. The average molecular weight is 540 g/mol. The molecule has 0 spiro atoms. The molecule has 3 aromatic rings. The maximum absolute atomic E-state index is 13.6. The molecule has 0 fully saturated rings. The molecule has 0 aliphatic carbocycles. The Kier molecular flexibility index (Phi) is 8.35. The van der Waals surface area contributed by atoms with Crippen molar-refractivity contribution in [2.45, 2.75) is 52.2 Å². The molecule has 0 atom stereocenters. The molecular weight excluding hydrogens is 507 g/mol. The summed E-state index contributed by atoms with van der Waals surface area (Å²) in [5.74, 6) is -0.245. The van der Waals surface area contributed by atoms with Crippen LogP contribution in [0.1, 0.15) is 49.4 Å². The molecule has 1 aliphatic rings. The topological polar surface area (TPSA) is 59.0 Å². The number of amides is 1. The number of aliphatic hydroxyl groups excluding tert-OH is 1. The lowest BCUT2D eigenvalue weighted by atomic mass is 9.91. The first-order valence-corrected chi connectivity index (χ1v) is 12.7. The third-order valence-corrected chi connectivity index (χ3v) is 6.39. The minimum absolute atomic E-state index is 0.0926. The number of nitrogens with zero attached hydrogens (tertiary/aromatic N) is 1. The molecule has 8 heteroatoms. The fourth-order valence-corrected chi connectivity index (χ4v) is 4.52. The van der Waals surface area contributed by atoms with Crippen LogP contribution >= 0.6 is 0 Å². The van der Waals surface area contributed by atoms with Gasteiger partial charge in [-0.25, -0.2) is 4.79 Å². The van der Waals surface area contributed by atoms with Gasteiger partial charge in [0.2, 0.25) is 0 Å². The molecular formula is C31H32F3NO4. The Balaban J connectivity index is 1.67. The van der Waals surface area contributed by atoms with Gasteiger partial charge in [0.1, 0.15) is 18.0 Å². The van der Waals surface area contributed by atoms with Gasteiger partial charge in [-0.05, 0) is 78.8 Å². The van der Waals surface area contributed by atoms with Crippen molar-refractivity contribution < 1.29 is 32.5 Å². The Morgan fingerprint density at radius 3 is 2.33 bits per heavy atom. The van der Waals surface area contributed by atoms with Gasteiger partial charge < -0.3 is 19.5 Å². The molecule has 1 heterocycles. The van der Waals surface area contributed by atoms with Crippen molar-refractivity contribution in [3.8, 4) is 16.9 Å². The summed E-state index contributed by atoms with van der Waals surface area (Å²) in [4.78, 5) is 14.1. The quantitative estimate of drug-likeness (QED) is 0.353. The molecule has 3 aromatic carbocycles. The van der Waals surface area contributed by atoms with Crippen LogP contribution < -0.4 is 4.74 Å².